The molecule has 0 unspecified atom stereocenters. The van der Waals surface area contributed by atoms with E-state index in [1.165, 1.54) is 6.07 Å². The zero-order valence-electron chi connectivity index (χ0n) is 9.30. The van der Waals surface area contributed by atoms with E-state index in [2.05, 4.69) is 0 Å². The standard InChI is InChI=1S/C10H13FN2O3.ClH/c1-12(4-5-14)7-8-6-9(13(15)16)2-3-10(8)11;/h2-3,6,14H,4-5,7H2,1H3;1H. The van der Waals surface area contributed by atoms with Gasteiger partial charge in [0.1, 0.15) is 5.82 Å². The number of nitrogens with zero attached hydrogens (tertiary/aromatic N) is 2. The van der Waals surface area contributed by atoms with Crippen LogP contribution in [0.1, 0.15) is 5.56 Å². The van der Waals surface area contributed by atoms with Gasteiger partial charge in [-0.05, 0) is 13.1 Å². The lowest BCUT2D eigenvalue weighted by Crippen LogP contribution is -2.22. The Labute approximate surface area is 104 Å². The molecule has 0 fully saturated rings. The van der Waals surface area contributed by atoms with Gasteiger partial charge >= 0.3 is 0 Å². The first-order chi connectivity index (χ1) is 7.54. The van der Waals surface area contributed by atoms with E-state index in [0.29, 0.717) is 6.54 Å². The average molecular weight is 265 g/mol. The number of aliphatic hydroxyl groups excluding tert-OH is 1. The zero-order chi connectivity index (χ0) is 12.1. The number of aliphatic hydroxyl groups is 1. The predicted molar refractivity (Wildman–Crippen MR) is 63.7 cm³/mol. The molecule has 0 heterocycles. The Morgan fingerprint density at radius 2 is 2.18 bits per heavy atom. The average Bonchev–Trinajstić information content (AvgIpc) is 2.21. The number of likely N-dealkylation sites (N-methyl/N-ethyl adjacent to an activating group) is 1. The van der Waals surface area contributed by atoms with Gasteiger partial charge in [-0.2, -0.15) is 0 Å². The fourth-order valence-corrected chi connectivity index (χ4v) is 1.34. The van der Waals surface area contributed by atoms with Crippen molar-refractivity contribution in [2.75, 3.05) is 20.2 Å². The van der Waals surface area contributed by atoms with Gasteiger partial charge in [0.2, 0.25) is 0 Å². The summed E-state index contributed by atoms with van der Waals surface area (Å²) in [6.45, 7) is 0.587. The van der Waals surface area contributed by atoms with Crippen molar-refractivity contribution in [1.29, 1.82) is 0 Å². The molecule has 1 aromatic rings. The largest absolute Gasteiger partial charge is 0.395 e. The molecule has 0 saturated heterocycles. The Bertz CT molecular complexity index is 390. The maximum atomic E-state index is 13.3. The second-order valence-corrected chi connectivity index (χ2v) is 3.49. The summed E-state index contributed by atoms with van der Waals surface area (Å²) in [7, 11) is 1.70. The van der Waals surface area contributed by atoms with Gasteiger partial charge in [0.05, 0.1) is 11.5 Å². The van der Waals surface area contributed by atoms with Gasteiger partial charge in [-0.3, -0.25) is 15.0 Å². The number of rotatable bonds is 5. The van der Waals surface area contributed by atoms with E-state index < -0.39 is 10.7 Å². The van der Waals surface area contributed by atoms with Crippen molar-refractivity contribution >= 4 is 18.1 Å². The third-order valence-electron chi connectivity index (χ3n) is 2.16. The molecule has 0 aliphatic rings. The van der Waals surface area contributed by atoms with Gasteiger partial charge in [0.15, 0.2) is 0 Å². The van der Waals surface area contributed by atoms with Crippen LogP contribution in [-0.2, 0) is 6.54 Å². The second kappa shape index (κ2) is 7.16. The van der Waals surface area contributed by atoms with Crippen LogP contribution in [0.5, 0.6) is 0 Å². The third-order valence-corrected chi connectivity index (χ3v) is 2.16. The first kappa shape index (κ1) is 15.8. The molecule has 0 amide bonds. The quantitative estimate of drug-likeness (QED) is 0.648. The molecule has 0 radical (unpaired) electrons. The Balaban J connectivity index is 0.00000256. The molecule has 0 aliphatic carbocycles. The van der Waals surface area contributed by atoms with Crippen LogP contribution in [0.4, 0.5) is 10.1 Å². The Morgan fingerprint density at radius 1 is 1.53 bits per heavy atom. The highest BCUT2D eigenvalue weighted by Crippen LogP contribution is 2.17. The lowest BCUT2D eigenvalue weighted by molar-refractivity contribution is -0.385. The van der Waals surface area contributed by atoms with E-state index in [1.807, 2.05) is 0 Å². The number of non-ortho nitro benzene ring substituents is 1. The minimum atomic E-state index is -0.561. The first-order valence-corrected chi connectivity index (χ1v) is 4.77. The molecule has 5 nitrogen and oxygen atoms in total. The van der Waals surface area contributed by atoms with Gasteiger partial charge in [0.25, 0.3) is 5.69 Å². The molecule has 0 saturated carbocycles. The van der Waals surface area contributed by atoms with Crippen molar-refractivity contribution < 1.29 is 14.4 Å². The minimum Gasteiger partial charge on any atom is -0.395 e. The summed E-state index contributed by atoms with van der Waals surface area (Å²) in [4.78, 5) is 11.6. The van der Waals surface area contributed by atoms with Crippen molar-refractivity contribution in [3.05, 3.63) is 39.7 Å². The predicted octanol–water partition coefficient (Wildman–Crippen LogP) is 1.58. The van der Waals surface area contributed by atoms with Crippen LogP contribution in [0, 0.1) is 15.9 Å². The van der Waals surface area contributed by atoms with Crippen molar-refractivity contribution in [2.45, 2.75) is 6.54 Å². The Hall–Kier alpha value is -1.24. The van der Waals surface area contributed by atoms with Crippen LogP contribution >= 0.6 is 12.4 Å². The smallest absolute Gasteiger partial charge is 0.269 e. The number of nitro benzene ring substituents is 1. The Morgan fingerprint density at radius 3 is 2.71 bits per heavy atom. The topological polar surface area (TPSA) is 66.6 Å². The van der Waals surface area contributed by atoms with E-state index in [0.717, 1.165) is 12.1 Å². The molecule has 1 N–H and O–H groups in total. The van der Waals surface area contributed by atoms with E-state index in [9.17, 15) is 14.5 Å². The summed E-state index contributed by atoms with van der Waals surface area (Å²) in [5.41, 5.74) is 0.124. The maximum Gasteiger partial charge on any atom is 0.269 e. The molecule has 96 valence electrons. The van der Waals surface area contributed by atoms with Crippen molar-refractivity contribution in [3.8, 4) is 0 Å². The van der Waals surface area contributed by atoms with E-state index in [1.54, 1.807) is 11.9 Å². The van der Waals surface area contributed by atoms with Gasteiger partial charge in [-0.1, -0.05) is 0 Å². The normalized spacial score (nSPS) is 10.1. The molecule has 1 aromatic carbocycles. The van der Waals surface area contributed by atoms with Crippen LogP contribution in [0.15, 0.2) is 18.2 Å². The summed E-state index contributed by atoms with van der Waals surface area (Å²) in [5.74, 6) is -0.476. The highest BCUT2D eigenvalue weighted by molar-refractivity contribution is 5.85. The molecular weight excluding hydrogens is 251 g/mol. The molecule has 0 aliphatic heterocycles. The number of benzene rings is 1. The number of halogens is 2. The van der Waals surface area contributed by atoms with Crippen LogP contribution < -0.4 is 0 Å². The first-order valence-electron chi connectivity index (χ1n) is 4.77. The van der Waals surface area contributed by atoms with Crippen molar-refractivity contribution in [3.63, 3.8) is 0 Å². The lowest BCUT2D eigenvalue weighted by Gasteiger charge is -2.15. The number of nitro groups is 1. The van der Waals surface area contributed by atoms with Gasteiger partial charge in [0, 0.05) is 30.8 Å². The summed E-state index contributed by atoms with van der Waals surface area (Å²) < 4.78 is 13.3. The monoisotopic (exact) mass is 264 g/mol. The molecule has 7 heteroatoms. The minimum absolute atomic E-state index is 0. The second-order valence-electron chi connectivity index (χ2n) is 3.49. The van der Waals surface area contributed by atoms with Crippen LogP contribution in [-0.4, -0.2) is 35.1 Å². The summed E-state index contributed by atoms with van der Waals surface area (Å²) in [6.07, 6.45) is 0. The van der Waals surface area contributed by atoms with Crippen LogP contribution in [0.2, 0.25) is 0 Å². The molecule has 0 spiro atoms. The molecular formula is C10H14ClFN2O3. The fraction of sp³-hybridized carbons (Fsp3) is 0.400. The zero-order valence-corrected chi connectivity index (χ0v) is 10.1. The van der Waals surface area contributed by atoms with Crippen molar-refractivity contribution in [2.24, 2.45) is 0 Å². The summed E-state index contributed by atoms with van der Waals surface area (Å²) >= 11 is 0. The summed E-state index contributed by atoms with van der Waals surface area (Å²) in [6, 6.07) is 3.42. The third kappa shape index (κ3) is 4.64. The fourth-order valence-electron chi connectivity index (χ4n) is 1.34. The molecule has 0 atom stereocenters. The van der Waals surface area contributed by atoms with E-state index >= 15 is 0 Å². The summed E-state index contributed by atoms with van der Waals surface area (Å²) in [5, 5.41) is 19.2. The Kier molecular flexibility index (Phi) is 6.64. The van der Waals surface area contributed by atoms with Crippen LogP contribution in [0.3, 0.4) is 0 Å². The highest BCUT2D eigenvalue weighted by Gasteiger charge is 2.11. The number of hydrogen-bond donors (Lipinski definition) is 1. The molecule has 1 rings (SSSR count). The van der Waals surface area contributed by atoms with E-state index in [-0.39, 0.29) is 36.8 Å². The number of hydrogen-bond acceptors (Lipinski definition) is 4. The van der Waals surface area contributed by atoms with Gasteiger partial charge < -0.3 is 5.11 Å². The van der Waals surface area contributed by atoms with E-state index in [4.69, 9.17) is 5.11 Å². The van der Waals surface area contributed by atoms with Gasteiger partial charge in [-0.25, -0.2) is 4.39 Å². The molecule has 0 bridgehead atoms. The maximum absolute atomic E-state index is 13.3. The van der Waals surface area contributed by atoms with Crippen LogP contribution in [0.25, 0.3) is 0 Å². The van der Waals surface area contributed by atoms with Gasteiger partial charge in [-0.15, -0.1) is 12.4 Å². The molecule has 0 aromatic heterocycles. The van der Waals surface area contributed by atoms with Crippen molar-refractivity contribution in [1.82, 2.24) is 4.90 Å². The molecule has 17 heavy (non-hydrogen) atoms. The SMILES string of the molecule is CN(CCO)Cc1cc([N+](=O)[O-])ccc1F.Cl. The lowest BCUT2D eigenvalue weighted by atomic mass is 10.2. The highest BCUT2D eigenvalue weighted by atomic mass is 35.5.